The fourth-order valence-electron chi connectivity index (χ4n) is 9.83. The summed E-state index contributed by atoms with van der Waals surface area (Å²) in [5.74, 6) is 0.635. The smallest absolute Gasteiger partial charge is 0.262 e. The maximum absolute atomic E-state index is 13.4. The summed E-state index contributed by atoms with van der Waals surface area (Å²) in [5.41, 5.74) is 4.54. The lowest BCUT2D eigenvalue weighted by Crippen LogP contribution is -2.60. The standard InChI is InChI=1S/C44H47N9O7S/c1-58-34-19-28(24-52-15-4-14-45-52)20-35-38(34)40(47-60-35)48-61-36-6-3-5-32(39(36)59-2)51-25-44(26-51)12-17-49(18-13-44)22-27-11-16-50(23-27)29-7-8-30-31(21-29)43(57)53(42(30)56)33-9-10-37(54)46-41(33)55/h3-8,14-15,19-21,27,33H,9-13,16-18,22-26H2,1-2H3,(H,47,48)(H,46,54,55). The SMILES string of the molecule is COc1c(SNc2noc3cc(Cn4cccn4)cc(OC)c23)cccc1N1CC2(CCN(CC3CCN(c4ccc5c(c4)C(=O)N(C4CCC(=O)NC4=O)C5=O)C3)CC2)C1. The maximum atomic E-state index is 13.4. The van der Waals surface area contributed by atoms with E-state index in [2.05, 4.69) is 47.1 Å². The van der Waals surface area contributed by atoms with Gasteiger partial charge >= 0.3 is 0 Å². The summed E-state index contributed by atoms with van der Waals surface area (Å²) in [6.07, 6.45) is 7.26. The molecule has 7 heterocycles. The van der Waals surface area contributed by atoms with Crippen LogP contribution in [0.15, 0.2) is 76.4 Å². The van der Waals surface area contributed by atoms with E-state index in [1.54, 1.807) is 32.5 Å². The Labute approximate surface area is 356 Å². The molecule has 2 N–H and O–H groups in total. The van der Waals surface area contributed by atoms with E-state index >= 15 is 0 Å². The monoisotopic (exact) mass is 845 g/mol. The minimum Gasteiger partial charge on any atom is -0.496 e. The van der Waals surface area contributed by atoms with Gasteiger partial charge in [-0.05, 0) is 111 Å². The Morgan fingerprint density at radius 3 is 2.54 bits per heavy atom. The fraction of sp³-hybridized carbons (Fsp3) is 0.409. The second kappa shape index (κ2) is 15.8. The first-order valence-corrected chi connectivity index (χ1v) is 21.6. The Balaban J connectivity index is 0.723. The van der Waals surface area contributed by atoms with E-state index in [0.29, 0.717) is 40.7 Å². The van der Waals surface area contributed by atoms with Crippen LogP contribution in [0.5, 0.6) is 11.5 Å². The molecule has 10 rings (SSSR count). The van der Waals surface area contributed by atoms with Gasteiger partial charge in [-0.2, -0.15) is 5.10 Å². The van der Waals surface area contributed by atoms with Crippen LogP contribution in [-0.4, -0.2) is 114 Å². The zero-order chi connectivity index (χ0) is 41.8. The fourth-order valence-corrected chi connectivity index (χ4v) is 10.6. The highest BCUT2D eigenvalue weighted by Crippen LogP contribution is 2.48. The molecule has 0 bridgehead atoms. The third kappa shape index (κ3) is 7.22. The van der Waals surface area contributed by atoms with Gasteiger partial charge in [0.1, 0.15) is 17.2 Å². The number of carbonyl (C=O) groups is 4. The average molecular weight is 846 g/mol. The van der Waals surface area contributed by atoms with E-state index in [1.165, 1.54) is 11.9 Å². The number of benzene rings is 3. The van der Waals surface area contributed by atoms with Gasteiger partial charge in [-0.15, -0.1) is 0 Å². The molecule has 2 atom stereocenters. The largest absolute Gasteiger partial charge is 0.496 e. The second-order valence-corrected chi connectivity index (χ2v) is 17.7. The highest BCUT2D eigenvalue weighted by Gasteiger charge is 2.47. The summed E-state index contributed by atoms with van der Waals surface area (Å²) in [4.78, 5) is 60.1. The molecule has 4 amide bonds. The first-order valence-electron chi connectivity index (χ1n) is 20.8. The molecule has 0 aliphatic carbocycles. The van der Waals surface area contributed by atoms with Crippen molar-refractivity contribution in [1.82, 2.24) is 30.1 Å². The lowest BCUT2D eigenvalue weighted by Gasteiger charge is -2.55. The molecule has 2 unspecified atom stereocenters. The summed E-state index contributed by atoms with van der Waals surface area (Å²) >= 11 is 1.43. The number of imide groups is 2. The van der Waals surface area contributed by atoms with E-state index in [1.807, 2.05) is 41.2 Å². The molecule has 1 spiro atoms. The van der Waals surface area contributed by atoms with Gasteiger partial charge in [0, 0.05) is 62.6 Å². The van der Waals surface area contributed by atoms with Gasteiger partial charge in [-0.25, -0.2) is 0 Å². The summed E-state index contributed by atoms with van der Waals surface area (Å²) < 4.78 is 22.8. The molecule has 0 radical (unpaired) electrons. The Kier molecular flexibility index (Phi) is 10.1. The first kappa shape index (κ1) is 39.1. The molecule has 17 heteroatoms. The number of methoxy groups -OCH3 is 2. The van der Waals surface area contributed by atoms with E-state index in [4.69, 9.17) is 14.0 Å². The number of amides is 4. The molecule has 16 nitrogen and oxygen atoms in total. The zero-order valence-electron chi connectivity index (χ0n) is 34.1. The summed E-state index contributed by atoms with van der Waals surface area (Å²) in [7, 11) is 3.37. The zero-order valence-corrected chi connectivity index (χ0v) is 34.9. The normalized spacial score (nSPS) is 21.3. The van der Waals surface area contributed by atoms with Crippen molar-refractivity contribution < 1.29 is 33.2 Å². The molecule has 316 valence electrons. The van der Waals surface area contributed by atoms with Crippen LogP contribution in [0.4, 0.5) is 17.2 Å². The van der Waals surface area contributed by atoms with Crippen LogP contribution in [-0.2, 0) is 16.1 Å². The molecule has 3 aromatic carbocycles. The topological polar surface area (TPSA) is 168 Å². The number of hydrogen-bond acceptors (Lipinski definition) is 14. The highest BCUT2D eigenvalue weighted by molar-refractivity contribution is 8.00. The van der Waals surface area contributed by atoms with Crippen LogP contribution in [0.2, 0.25) is 0 Å². The minimum absolute atomic E-state index is 0.0979. The highest BCUT2D eigenvalue weighted by atomic mass is 32.2. The number of piperidine rings is 2. The van der Waals surface area contributed by atoms with E-state index < -0.39 is 23.8 Å². The molecule has 5 aliphatic heterocycles. The molecule has 2 aromatic heterocycles. The molecular weight excluding hydrogens is 799 g/mol. The minimum atomic E-state index is -0.967. The van der Waals surface area contributed by atoms with Crippen LogP contribution < -0.4 is 29.3 Å². The Morgan fingerprint density at radius 2 is 1.77 bits per heavy atom. The number of nitrogens with one attached hydrogen (secondary N) is 2. The Bertz CT molecular complexity index is 2530. The third-order valence-corrected chi connectivity index (χ3v) is 13.9. The number of ether oxygens (including phenoxy) is 2. The number of para-hydroxylation sites is 1. The van der Waals surface area contributed by atoms with Crippen LogP contribution in [0, 0.1) is 11.3 Å². The lowest BCUT2D eigenvalue weighted by molar-refractivity contribution is -0.136. The molecule has 5 aliphatic rings. The van der Waals surface area contributed by atoms with Crippen LogP contribution in [0.3, 0.4) is 0 Å². The second-order valence-electron chi connectivity index (χ2n) is 16.9. The number of nitrogens with zero attached hydrogens (tertiary/aromatic N) is 7. The number of rotatable bonds is 12. The number of anilines is 3. The van der Waals surface area contributed by atoms with Crippen molar-refractivity contribution in [3.63, 3.8) is 0 Å². The Hall–Kier alpha value is -6.07. The van der Waals surface area contributed by atoms with Crippen molar-refractivity contribution in [3.05, 3.63) is 83.7 Å². The quantitative estimate of drug-likeness (QED) is 0.127. The van der Waals surface area contributed by atoms with Gasteiger partial charge in [-0.1, -0.05) is 11.2 Å². The van der Waals surface area contributed by atoms with Gasteiger partial charge in [0.05, 0.1) is 42.5 Å². The number of aromatic nitrogens is 3. The number of likely N-dealkylation sites (tertiary alicyclic amines) is 1. The molecule has 4 fully saturated rings. The average Bonchev–Trinajstić information content (AvgIpc) is 4.08. The van der Waals surface area contributed by atoms with Crippen molar-refractivity contribution in [3.8, 4) is 11.5 Å². The van der Waals surface area contributed by atoms with E-state index in [-0.39, 0.29) is 24.2 Å². The van der Waals surface area contributed by atoms with Gasteiger partial charge in [0.2, 0.25) is 11.8 Å². The van der Waals surface area contributed by atoms with Gasteiger partial charge in [-0.3, -0.25) is 34.1 Å². The van der Waals surface area contributed by atoms with Crippen molar-refractivity contribution >= 4 is 63.7 Å². The van der Waals surface area contributed by atoms with Crippen molar-refractivity contribution in [2.24, 2.45) is 11.3 Å². The van der Waals surface area contributed by atoms with Gasteiger partial charge in [0.15, 0.2) is 17.2 Å². The summed E-state index contributed by atoms with van der Waals surface area (Å²) in [5, 5.41) is 11.7. The van der Waals surface area contributed by atoms with E-state index in [0.717, 1.165) is 103 Å². The van der Waals surface area contributed by atoms with Crippen LogP contribution in [0.25, 0.3) is 11.0 Å². The van der Waals surface area contributed by atoms with E-state index in [9.17, 15) is 19.2 Å². The maximum Gasteiger partial charge on any atom is 0.262 e. The predicted molar refractivity (Wildman–Crippen MR) is 228 cm³/mol. The summed E-state index contributed by atoms with van der Waals surface area (Å²) in [6, 6.07) is 16.5. The van der Waals surface area contributed by atoms with Gasteiger partial charge in [0.25, 0.3) is 11.8 Å². The summed E-state index contributed by atoms with van der Waals surface area (Å²) in [6.45, 7) is 7.47. The third-order valence-electron chi connectivity index (χ3n) is 13.0. The number of carbonyl (C=O) groups excluding carboxylic acids is 4. The predicted octanol–water partition coefficient (Wildman–Crippen LogP) is 5.04. The molecule has 5 aromatic rings. The van der Waals surface area contributed by atoms with Crippen LogP contribution >= 0.6 is 11.9 Å². The molecule has 61 heavy (non-hydrogen) atoms. The Morgan fingerprint density at radius 1 is 0.934 bits per heavy atom. The van der Waals surface area contributed by atoms with Crippen molar-refractivity contribution in [2.75, 3.05) is 74.6 Å². The number of fused-ring (bicyclic) bond motifs is 2. The van der Waals surface area contributed by atoms with Crippen LogP contribution in [0.1, 0.15) is 58.4 Å². The lowest BCUT2D eigenvalue weighted by atomic mass is 9.71. The van der Waals surface area contributed by atoms with Crippen molar-refractivity contribution in [1.29, 1.82) is 0 Å². The molecule has 4 saturated heterocycles. The first-order chi connectivity index (χ1) is 29.7. The number of hydrogen-bond donors (Lipinski definition) is 2. The van der Waals surface area contributed by atoms with Gasteiger partial charge < -0.3 is 33.4 Å². The van der Waals surface area contributed by atoms with Crippen molar-refractivity contribution in [2.45, 2.75) is 49.6 Å². The molecular formula is C44H47N9O7S. The molecule has 0 saturated carbocycles.